The van der Waals surface area contributed by atoms with Crippen LogP contribution >= 0.6 is 0 Å². The predicted molar refractivity (Wildman–Crippen MR) is 80.2 cm³/mol. The van der Waals surface area contributed by atoms with Crippen LogP contribution in [0.25, 0.3) is 0 Å². The minimum absolute atomic E-state index is 0.321. The largest absolute Gasteiger partial charge is 0.329 e. The van der Waals surface area contributed by atoms with Crippen LogP contribution in [-0.4, -0.2) is 54.1 Å². The fourth-order valence-electron chi connectivity index (χ4n) is 4.86. The van der Waals surface area contributed by atoms with E-state index < -0.39 is 0 Å². The Labute approximate surface area is 118 Å². The molecule has 2 N–H and O–H groups in total. The van der Waals surface area contributed by atoms with Gasteiger partial charge in [-0.2, -0.15) is 0 Å². The number of fused-ring (bicyclic) bond motifs is 1. The zero-order chi connectivity index (χ0) is 13.3. The standard InChI is InChI=1S/C16H31N3/c1-14-6-2-4-8-16(14,13-17)19-11-10-18-9-5-3-7-15(18)12-19/h14-15H,2-13,17H2,1H3. The Morgan fingerprint density at radius 3 is 2.68 bits per heavy atom. The van der Waals surface area contributed by atoms with Crippen molar-refractivity contribution in [2.75, 3.05) is 32.7 Å². The number of hydrogen-bond donors (Lipinski definition) is 1. The number of nitrogens with zero attached hydrogens (tertiary/aromatic N) is 2. The van der Waals surface area contributed by atoms with Crippen LogP contribution in [0.15, 0.2) is 0 Å². The number of piperazine rings is 1. The molecule has 0 amide bonds. The van der Waals surface area contributed by atoms with Gasteiger partial charge < -0.3 is 5.73 Å². The Kier molecular flexibility index (Phi) is 4.16. The lowest BCUT2D eigenvalue weighted by Gasteiger charge is -2.55. The number of nitrogens with two attached hydrogens (primary N) is 1. The zero-order valence-corrected chi connectivity index (χ0v) is 12.6. The highest BCUT2D eigenvalue weighted by atomic mass is 15.3. The van der Waals surface area contributed by atoms with Crippen molar-refractivity contribution >= 4 is 0 Å². The molecule has 110 valence electrons. The molecule has 3 unspecified atom stereocenters. The van der Waals surface area contributed by atoms with Gasteiger partial charge in [-0.1, -0.05) is 26.2 Å². The highest BCUT2D eigenvalue weighted by molar-refractivity contribution is 5.01. The van der Waals surface area contributed by atoms with Crippen LogP contribution in [0.1, 0.15) is 51.9 Å². The second kappa shape index (κ2) is 5.71. The van der Waals surface area contributed by atoms with E-state index in [1.165, 1.54) is 71.1 Å². The molecule has 3 aliphatic rings. The first-order valence-electron chi connectivity index (χ1n) is 8.45. The molecule has 3 nitrogen and oxygen atoms in total. The second-order valence-corrected chi connectivity index (χ2v) is 7.09. The maximum Gasteiger partial charge on any atom is 0.0358 e. The van der Waals surface area contributed by atoms with E-state index in [0.29, 0.717) is 5.54 Å². The smallest absolute Gasteiger partial charge is 0.0358 e. The number of rotatable bonds is 2. The summed E-state index contributed by atoms with van der Waals surface area (Å²) in [5.41, 5.74) is 6.59. The zero-order valence-electron chi connectivity index (χ0n) is 12.6. The first-order chi connectivity index (χ1) is 9.26. The van der Waals surface area contributed by atoms with Crippen molar-refractivity contribution in [1.82, 2.24) is 9.80 Å². The van der Waals surface area contributed by atoms with Crippen molar-refractivity contribution in [2.45, 2.75) is 63.5 Å². The molecular formula is C16H31N3. The molecule has 0 aromatic heterocycles. The van der Waals surface area contributed by atoms with Crippen molar-refractivity contribution in [1.29, 1.82) is 0 Å². The molecule has 2 saturated heterocycles. The molecule has 3 rings (SSSR count). The van der Waals surface area contributed by atoms with Crippen LogP contribution in [0.5, 0.6) is 0 Å². The third-order valence-corrected chi connectivity index (χ3v) is 6.23. The molecule has 1 saturated carbocycles. The summed E-state index contributed by atoms with van der Waals surface area (Å²) < 4.78 is 0. The fourth-order valence-corrected chi connectivity index (χ4v) is 4.86. The Morgan fingerprint density at radius 2 is 1.89 bits per heavy atom. The van der Waals surface area contributed by atoms with Gasteiger partial charge in [0, 0.05) is 37.8 Å². The Bertz CT molecular complexity index is 306. The summed E-state index contributed by atoms with van der Waals surface area (Å²) in [7, 11) is 0. The molecular weight excluding hydrogens is 234 g/mol. The topological polar surface area (TPSA) is 32.5 Å². The molecule has 0 radical (unpaired) electrons. The minimum atomic E-state index is 0.321. The number of piperidine rings is 1. The van der Waals surface area contributed by atoms with Crippen molar-refractivity contribution in [3.8, 4) is 0 Å². The highest BCUT2D eigenvalue weighted by Gasteiger charge is 2.44. The molecule has 3 atom stereocenters. The van der Waals surface area contributed by atoms with Gasteiger partial charge in [0.05, 0.1) is 0 Å². The molecule has 3 heteroatoms. The summed E-state index contributed by atoms with van der Waals surface area (Å²) in [5, 5.41) is 0. The van der Waals surface area contributed by atoms with Crippen molar-refractivity contribution in [3.63, 3.8) is 0 Å². The maximum absolute atomic E-state index is 6.27. The fraction of sp³-hybridized carbons (Fsp3) is 1.00. The predicted octanol–water partition coefficient (Wildman–Crippen LogP) is 2.06. The average molecular weight is 265 g/mol. The van der Waals surface area contributed by atoms with Gasteiger partial charge in [0.25, 0.3) is 0 Å². The van der Waals surface area contributed by atoms with Gasteiger partial charge in [-0.05, 0) is 38.1 Å². The van der Waals surface area contributed by atoms with Gasteiger partial charge in [-0.3, -0.25) is 9.80 Å². The highest BCUT2D eigenvalue weighted by Crippen LogP contribution is 2.39. The normalized spacial score (nSPS) is 42.0. The summed E-state index contributed by atoms with van der Waals surface area (Å²) in [6, 6.07) is 0.819. The summed E-state index contributed by atoms with van der Waals surface area (Å²) in [6.45, 7) is 8.45. The first-order valence-corrected chi connectivity index (χ1v) is 8.45. The van der Waals surface area contributed by atoms with E-state index in [1.807, 2.05) is 0 Å². The Balaban J connectivity index is 1.73. The summed E-state index contributed by atoms with van der Waals surface area (Å²) >= 11 is 0. The summed E-state index contributed by atoms with van der Waals surface area (Å²) in [5.74, 6) is 0.779. The first kappa shape index (κ1) is 13.8. The monoisotopic (exact) mass is 265 g/mol. The molecule has 3 fully saturated rings. The average Bonchev–Trinajstić information content (AvgIpc) is 2.47. The second-order valence-electron chi connectivity index (χ2n) is 7.09. The molecule has 0 aromatic rings. The molecule has 0 aromatic carbocycles. The molecule has 1 aliphatic carbocycles. The van der Waals surface area contributed by atoms with Crippen molar-refractivity contribution in [2.24, 2.45) is 11.7 Å². The van der Waals surface area contributed by atoms with Gasteiger partial charge >= 0.3 is 0 Å². The van der Waals surface area contributed by atoms with E-state index in [4.69, 9.17) is 5.73 Å². The molecule has 0 bridgehead atoms. The molecule has 2 heterocycles. The molecule has 0 spiro atoms. The quantitative estimate of drug-likeness (QED) is 0.829. The van der Waals surface area contributed by atoms with E-state index in [0.717, 1.165) is 18.5 Å². The maximum atomic E-state index is 6.27. The lowest BCUT2D eigenvalue weighted by Crippen LogP contribution is -2.66. The van der Waals surface area contributed by atoms with Crippen LogP contribution < -0.4 is 5.73 Å². The van der Waals surface area contributed by atoms with Crippen LogP contribution in [0, 0.1) is 5.92 Å². The van der Waals surface area contributed by atoms with Crippen LogP contribution in [-0.2, 0) is 0 Å². The van der Waals surface area contributed by atoms with Crippen molar-refractivity contribution in [3.05, 3.63) is 0 Å². The van der Waals surface area contributed by atoms with Crippen LogP contribution in [0.2, 0.25) is 0 Å². The molecule has 19 heavy (non-hydrogen) atoms. The van der Waals surface area contributed by atoms with Crippen molar-refractivity contribution < 1.29 is 0 Å². The third-order valence-electron chi connectivity index (χ3n) is 6.23. The van der Waals surface area contributed by atoms with E-state index in [2.05, 4.69) is 16.7 Å². The summed E-state index contributed by atoms with van der Waals surface area (Å²) in [6.07, 6.45) is 9.75. The summed E-state index contributed by atoms with van der Waals surface area (Å²) in [4.78, 5) is 5.53. The van der Waals surface area contributed by atoms with Gasteiger partial charge in [0.2, 0.25) is 0 Å². The van der Waals surface area contributed by atoms with Gasteiger partial charge in [0.1, 0.15) is 0 Å². The lowest BCUT2D eigenvalue weighted by atomic mass is 9.71. The third kappa shape index (κ3) is 2.45. The van der Waals surface area contributed by atoms with Crippen LogP contribution in [0.3, 0.4) is 0 Å². The SMILES string of the molecule is CC1CCCCC1(CN)N1CCN2CCCCC2C1. The van der Waals surface area contributed by atoms with Crippen LogP contribution in [0.4, 0.5) is 0 Å². The minimum Gasteiger partial charge on any atom is -0.329 e. The van der Waals surface area contributed by atoms with Gasteiger partial charge in [-0.25, -0.2) is 0 Å². The molecule has 2 aliphatic heterocycles. The van der Waals surface area contributed by atoms with Gasteiger partial charge in [-0.15, -0.1) is 0 Å². The van der Waals surface area contributed by atoms with E-state index in [9.17, 15) is 0 Å². The van der Waals surface area contributed by atoms with E-state index in [1.54, 1.807) is 0 Å². The number of hydrogen-bond acceptors (Lipinski definition) is 3. The lowest BCUT2D eigenvalue weighted by molar-refractivity contribution is -0.0489. The Hall–Kier alpha value is -0.120. The Morgan fingerprint density at radius 1 is 1.05 bits per heavy atom. The van der Waals surface area contributed by atoms with E-state index >= 15 is 0 Å². The van der Waals surface area contributed by atoms with Gasteiger partial charge in [0.15, 0.2) is 0 Å². The van der Waals surface area contributed by atoms with E-state index in [-0.39, 0.29) is 0 Å².